The van der Waals surface area contributed by atoms with Crippen molar-refractivity contribution in [1.29, 1.82) is 0 Å². The molecule has 1 aromatic carbocycles. The third kappa shape index (κ3) is 3.49. The monoisotopic (exact) mass is 374 g/mol. The van der Waals surface area contributed by atoms with Gasteiger partial charge in [0.2, 0.25) is 5.91 Å². The highest BCUT2D eigenvalue weighted by atomic mass is 32.1. The van der Waals surface area contributed by atoms with Crippen molar-refractivity contribution >= 4 is 35.1 Å². The van der Waals surface area contributed by atoms with Crippen LogP contribution < -0.4 is 10.1 Å². The highest BCUT2D eigenvalue weighted by Crippen LogP contribution is 2.28. The van der Waals surface area contributed by atoms with E-state index in [4.69, 9.17) is 17.0 Å². The van der Waals surface area contributed by atoms with Crippen molar-refractivity contribution in [3.05, 3.63) is 46.0 Å². The summed E-state index contributed by atoms with van der Waals surface area (Å²) in [5.74, 6) is 1.07. The van der Waals surface area contributed by atoms with Gasteiger partial charge < -0.3 is 10.1 Å². The molecule has 0 fully saturated rings. The number of nitrogens with one attached hydrogen (secondary N) is 2. The second kappa shape index (κ2) is 7.20. The standard InChI is InChI=1S/C17H18N4O2S2/c1-10-6-7-13(23-3)12(9-10)18-16(22)11(2)21-15(19-20-17(21)24)14-5-4-8-25-14/h4-9,11H,1-3H3,(H,18,22)(H,20,24)/t11-/m0/s1. The van der Waals surface area contributed by atoms with Gasteiger partial charge in [0, 0.05) is 0 Å². The van der Waals surface area contributed by atoms with Crippen molar-refractivity contribution in [3.8, 4) is 16.5 Å². The molecule has 2 heterocycles. The normalized spacial score (nSPS) is 12.0. The van der Waals surface area contributed by atoms with Gasteiger partial charge in [-0.05, 0) is 55.2 Å². The molecule has 0 aliphatic carbocycles. The number of anilines is 1. The lowest BCUT2D eigenvalue weighted by Crippen LogP contribution is -2.24. The Bertz CT molecular complexity index is 944. The van der Waals surface area contributed by atoms with E-state index in [0.29, 0.717) is 22.0 Å². The van der Waals surface area contributed by atoms with Crippen LogP contribution in [0.4, 0.5) is 5.69 Å². The minimum atomic E-state index is -0.534. The van der Waals surface area contributed by atoms with Gasteiger partial charge in [0.15, 0.2) is 10.6 Å². The summed E-state index contributed by atoms with van der Waals surface area (Å²) in [7, 11) is 1.57. The maximum absolute atomic E-state index is 12.8. The summed E-state index contributed by atoms with van der Waals surface area (Å²) in [5.41, 5.74) is 1.66. The Labute approximate surface area is 154 Å². The van der Waals surface area contributed by atoms with Gasteiger partial charge in [0.1, 0.15) is 11.8 Å². The summed E-state index contributed by atoms with van der Waals surface area (Å²) in [5, 5.41) is 11.9. The maximum Gasteiger partial charge on any atom is 0.247 e. The van der Waals surface area contributed by atoms with Crippen LogP contribution in [0, 0.1) is 11.7 Å². The van der Waals surface area contributed by atoms with Gasteiger partial charge in [-0.2, -0.15) is 5.10 Å². The lowest BCUT2D eigenvalue weighted by atomic mass is 10.2. The molecule has 0 aliphatic heterocycles. The molecule has 0 radical (unpaired) electrons. The molecule has 3 rings (SSSR count). The topological polar surface area (TPSA) is 71.9 Å². The average Bonchev–Trinajstić information content (AvgIpc) is 3.23. The number of hydrogen-bond acceptors (Lipinski definition) is 5. The van der Waals surface area contributed by atoms with Gasteiger partial charge >= 0.3 is 0 Å². The van der Waals surface area contributed by atoms with Crippen LogP contribution in [0.5, 0.6) is 5.75 Å². The smallest absolute Gasteiger partial charge is 0.247 e. The van der Waals surface area contributed by atoms with Gasteiger partial charge in [-0.25, -0.2) is 0 Å². The molecule has 2 aromatic heterocycles. The molecule has 2 N–H and O–H groups in total. The van der Waals surface area contributed by atoms with Gasteiger partial charge in [0.05, 0.1) is 17.7 Å². The molecule has 0 unspecified atom stereocenters. The van der Waals surface area contributed by atoms with Gasteiger partial charge in [-0.1, -0.05) is 12.1 Å². The Kier molecular flexibility index (Phi) is 5.00. The summed E-state index contributed by atoms with van der Waals surface area (Å²) in [6.07, 6.45) is 0. The average molecular weight is 374 g/mol. The fraction of sp³-hybridized carbons (Fsp3) is 0.235. The summed E-state index contributed by atoms with van der Waals surface area (Å²) in [6.45, 7) is 3.75. The van der Waals surface area contributed by atoms with Gasteiger partial charge in [-0.15, -0.1) is 11.3 Å². The number of carbonyl (C=O) groups is 1. The zero-order valence-corrected chi connectivity index (χ0v) is 15.7. The summed E-state index contributed by atoms with van der Waals surface area (Å²) < 4.78 is 7.44. The number of nitrogens with zero attached hydrogens (tertiary/aromatic N) is 2. The molecule has 1 amide bonds. The van der Waals surface area contributed by atoms with Crippen molar-refractivity contribution < 1.29 is 9.53 Å². The Morgan fingerprint density at radius 2 is 2.24 bits per heavy atom. The van der Waals surface area contributed by atoms with Crippen LogP contribution in [0.15, 0.2) is 35.7 Å². The number of benzene rings is 1. The molecule has 3 aromatic rings. The number of aromatic amines is 1. The van der Waals surface area contributed by atoms with Crippen LogP contribution in [0.3, 0.4) is 0 Å². The van der Waals surface area contributed by atoms with Crippen LogP contribution in [-0.4, -0.2) is 27.8 Å². The van der Waals surface area contributed by atoms with Crippen LogP contribution in [0.2, 0.25) is 0 Å². The number of amides is 1. The summed E-state index contributed by atoms with van der Waals surface area (Å²) in [6, 6.07) is 8.98. The minimum absolute atomic E-state index is 0.195. The molecule has 0 saturated heterocycles. The first kappa shape index (κ1) is 17.4. The summed E-state index contributed by atoms with van der Waals surface area (Å²) >= 11 is 6.86. The second-order valence-corrected chi connectivity index (χ2v) is 6.90. The van der Waals surface area contributed by atoms with E-state index in [2.05, 4.69) is 15.5 Å². The fourth-order valence-corrected chi connectivity index (χ4v) is 3.52. The number of thiophene rings is 1. The third-order valence-corrected chi connectivity index (χ3v) is 4.98. The molecule has 25 heavy (non-hydrogen) atoms. The molecule has 130 valence electrons. The molecule has 1 atom stereocenters. The largest absolute Gasteiger partial charge is 0.495 e. The van der Waals surface area contributed by atoms with E-state index >= 15 is 0 Å². The molecule has 0 bridgehead atoms. The SMILES string of the molecule is COc1ccc(C)cc1NC(=O)[C@H](C)n1c(-c2cccs2)n[nH]c1=S. The lowest BCUT2D eigenvalue weighted by molar-refractivity contribution is -0.118. The van der Waals surface area contributed by atoms with Crippen molar-refractivity contribution in [2.45, 2.75) is 19.9 Å². The first-order valence-corrected chi connectivity index (χ1v) is 8.96. The van der Waals surface area contributed by atoms with E-state index in [1.54, 1.807) is 29.9 Å². The predicted octanol–water partition coefficient (Wildman–Crippen LogP) is 4.19. The van der Waals surface area contributed by atoms with E-state index in [1.807, 2.05) is 42.6 Å². The zero-order valence-electron chi connectivity index (χ0n) is 14.1. The molecule has 8 heteroatoms. The van der Waals surface area contributed by atoms with Crippen LogP contribution in [0.25, 0.3) is 10.7 Å². The van der Waals surface area contributed by atoms with Gasteiger partial charge in [0.25, 0.3) is 0 Å². The second-order valence-electron chi connectivity index (χ2n) is 5.57. The first-order chi connectivity index (χ1) is 12.0. The van der Waals surface area contributed by atoms with Crippen LogP contribution in [0.1, 0.15) is 18.5 Å². The first-order valence-electron chi connectivity index (χ1n) is 7.67. The Balaban J connectivity index is 1.91. The van der Waals surface area contributed by atoms with Crippen LogP contribution >= 0.6 is 23.6 Å². The third-order valence-electron chi connectivity index (χ3n) is 3.83. The van der Waals surface area contributed by atoms with E-state index in [9.17, 15) is 4.79 Å². The van der Waals surface area contributed by atoms with Crippen molar-refractivity contribution in [2.75, 3.05) is 12.4 Å². The number of aromatic nitrogens is 3. The Morgan fingerprint density at radius 1 is 1.44 bits per heavy atom. The number of methoxy groups -OCH3 is 1. The summed E-state index contributed by atoms with van der Waals surface area (Å²) in [4.78, 5) is 13.7. The molecule has 6 nitrogen and oxygen atoms in total. The molecule has 0 spiro atoms. The molecule has 0 saturated carbocycles. The van der Waals surface area contributed by atoms with Crippen molar-refractivity contribution in [2.24, 2.45) is 0 Å². The lowest BCUT2D eigenvalue weighted by Gasteiger charge is -2.17. The van der Waals surface area contributed by atoms with Crippen molar-refractivity contribution in [3.63, 3.8) is 0 Å². The van der Waals surface area contributed by atoms with E-state index in [1.165, 1.54) is 0 Å². The van der Waals surface area contributed by atoms with Crippen LogP contribution in [-0.2, 0) is 4.79 Å². The Hall–Kier alpha value is -2.45. The number of hydrogen-bond donors (Lipinski definition) is 2. The molecular formula is C17H18N4O2S2. The van der Waals surface area contributed by atoms with E-state index < -0.39 is 6.04 Å². The minimum Gasteiger partial charge on any atom is -0.495 e. The van der Waals surface area contributed by atoms with E-state index in [0.717, 1.165) is 10.4 Å². The fourth-order valence-electron chi connectivity index (χ4n) is 2.52. The van der Waals surface area contributed by atoms with E-state index in [-0.39, 0.29) is 5.91 Å². The number of ether oxygens (including phenoxy) is 1. The highest BCUT2D eigenvalue weighted by Gasteiger charge is 2.22. The maximum atomic E-state index is 12.8. The molecular weight excluding hydrogens is 356 g/mol. The number of rotatable bonds is 5. The zero-order chi connectivity index (χ0) is 18.0. The van der Waals surface area contributed by atoms with Crippen molar-refractivity contribution in [1.82, 2.24) is 14.8 Å². The number of aryl methyl sites for hydroxylation is 1. The van der Waals surface area contributed by atoms with Gasteiger partial charge in [-0.3, -0.25) is 14.5 Å². The number of H-pyrrole nitrogens is 1. The highest BCUT2D eigenvalue weighted by molar-refractivity contribution is 7.71. The Morgan fingerprint density at radius 3 is 2.92 bits per heavy atom. The predicted molar refractivity (Wildman–Crippen MR) is 102 cm³/mol. The number of carbonyl (C=O) groups excluding carboxylic acids is 1. The quantitative estimate of drug-likeness (QED) is 0.657. The molecule has 0 aliphatic rings.